The number of aromatic nitrogens is 4. The predicted octanol–water partition coefficient (Wildman–Crippen LogP) is 0.451. The third-order valence-corrected chi connectivity index (χ3v) is 4.95. The molecule has 120 valence electrons. The molecule has 2 fully saturated rings. The average Bonchev–Trinajstić information content (AvgIpc) is 3.09. The van der Waals surface area contributed by atoms with Crippen LogP contribution in [-0.2, 0) is 7.05 Å². The number of nitrogens with zero attached hydrogens (tertiary/aromatic N) is 6. The van der Waals surface area contributed by atoms with E-state index < -0.39 is 0 Å². The van der Waals surface area contributed by atoms with E-state index in [4.69, 9.17) is 0 Å². The standard InChI is InChI=1S/C16H20N6O/c1-11-5-17-10-19-14(11)21-6-12-8-22(9-13(12)7-21)15-16(23)20(2)4-3-18-15/h3-5,10,12-13H,6-9H2,1-2H3. The Morgan fingerprint density at radius 1 is 1.04 bits per heavy atom. The number of rotatable bonds is 2. The molecule has 2 aromatic heterocycles. The summed E-state index contributed by atoms with van der Waals surface area (Å²) in [6.07, 6.45) is 6.87. The van der Waals surface area contributed by atoms with E-state index in [1.165, 1.54) is 0 Å². The highest BCUT2D eigenvalue weighted by Gasteiger charge is 2.41. The maximum absolute atomic E-state index is 12.2. The average molecular weight is 312 g/mol. The van der Waals surface area contributed by atoms with Crippen molar-refractivity contribution in [3.8, 4) is 0 Å². The van der Waals surface area contributed by atoms with E-state index in [9.17, 15) is 4.79 Å². The van der Waals surface area contributed by atoms with Gasteiger partial charge in [0.05, 0.1) is 0 Å². The Balaban J connectivity index is 1.51. The van der Waals surface area contributed by atoms with E-state index in [0.29, 0.717) is 17.7 Å². The van der Waals surface area contributed by atoms with Crippen molar-refractivity contribution >= 4 is 11.6 Å². The normalized spacial score (nSPS) is 23.4. The second kappa shape index (κ2) is 5.33. The van der Waals surface area contributed by atoms with Crippen LogP contribution in [0.15, 0.2) is 29.7 Å². The van der Waals surface area contributed by atoms with Crippen molar-refractivity contribution in [2.45, 2.75) is 6.92 Å². The molecule has 0 spiro atoms. The van der Waals surface area contributed by atoms with Gasteiger partial charge in [-0.2, -0.15) is 0 Å². The number of hydrogen-bond donors (Lipinski definition) is 0. The molecule has 7 heteroatoms. The summed E-state index contributed by atoms with van der Waals surface area (Å²) in [5, 5.41) is 0. The van der Waals surface area contributed by atoms with Crippen LogP contribution in [0, 0.1) is 18.8 Å². The molecule has 2 unspecified atom stereocenters. The van der Waals surface area contributed by atoms with E-state index in [0.717, 1.165) is 37.6 Å². The summed E-state index contributed by atoms with van der Waals surface area (Å²) in [7, 11) is 1.77. The first-order valence-electron chi connectivity index (χ1n) is 7.91. The quantitative estimate of drug-likeness (QED) is 0.802. The second-order valence-corrected chi connectivity index (χ2v) is 6.53. The Bertz CT molecular complexity index is 774. The molecule has 2 atom stereocenters. The summed E-state index contributed by atoms with van der Waals surface area (Å²) in [6.45, 7) is 5.78. The van der Waals surface area contributed by atoms with Crippen LogP contribution in [0.3, 0.4) is 0 Å². The molecular formula is C16H20N6O. The van der Waals surface area contributed by atoms with E-state index >= 15 is 0 Å². The first kappa shape index (κ1) is 14.2. The zero-order valence-electron chi connectivity index (χ0n) is 13.4. The van der Waals surface area contributed by atoms with Gasteiger partial charge in [0.2, 0.25) is 0 Å². The summed E-state index contributed by atoms with van der Waals surface area (Å²) < 4.78 is 1.59. The number of anilines is 2. The summed E-state index contributed by atoms with van der Waals surface area (Å²) in [6, 6.07) is 0. The molecule has 2 aromatic rings. The lowest BCUT2D eigenvalue weighted by molar-refractivity contribution is 0.533. The Hall–Kier alpha value is -2.44. The molecule has 2 aliphatic heterocycles. The molecule has 7 nitrogen and oxygen atoms in total. The number of aryl methyl sites for hydroxylation is 2. The molecule has 23 heavy (non-hydrogen) atoms. The lowest BCUT2D eigenvalue weighted by Crippen LogP contribution is -2.34. The second-order valence-electron chi connectivity index (χ2n) is 6.53. The fourth-order valence-corrected chi connectivity index (χ4v) is 3.76. The van der Waals surface area contributed by atoms with Gasteiger partial charge in [0.15, 0.2) is 5.82 Å². The van der Waals surface area contributed by atoms with Crippen molar-refractivity contribution in [2.24, 2.45) is 18.9 Å². The van der Waals surface area contributed by atoms with Crippen LogP contribution in [0.1, 0.15) is 5.56 Å². The molecule has 0 bridgehead atoms. The van der Waals surface area contributed by atoms with Gasteiger partial charge in [-0.25, -0.2) is 15.0 Å². The van der Waals surface area contributed by atoms with Crippen LogP contribution in [0.5, 0.6) is 0 Å². The molecule has 4 rings (SSSR count). The fraction of sp³-hybridized carbons (Fsp3) is 0.500. The van der Waals surface area contributed by atoms with Crippen molar-refractivity contribution in [3.63, 3.8) is 0 Å². The van der Waals surface area contributed by atoms with E-state index in [1.807, 2.05) is 13.1 Å². The van der Waals surface area contributed by atoms with Gasteiger partial charge in [0.1, 0.15) is 12.1 Å². The zero-order valence-corrected chi connectivity index (χ0v) is 13.4. The summed E-state index contributed by atoms with van der Waals surface area (Å²) >= 11 is 0. The van der Waals surface area contributed by atoms with Gasteiger partial charge in [-0.1, -0.05) is 0 Å². The summed E-state index contributed by atoms with van der Waals surface area (Å²) in [5.74, 6) is 2.72. The molecule has 2 aliphatic rings. The summed E-state index contributed by atoms with van der Waals surface area (Å²) in [5.41, 5.74) is 1.10. The maximum Gasteiger partial charge on any atom is 0.293 e. The Morgan fingerprint density at radius 3 is 2.35 bits per heavy atom. The maximum atomic E-state index is 12.2. The highest BCUT2D eigenvalue weighted by molar-refractivity contribution is 5.47. The molecule has 0 aromatic carbocycles. The van der Waals surface area contributed by atoms with E-state index in [1.54, 1.807) is 30.3 Å². The first-order valence-corrected chi connectivity index (χ1v) is 7.91. The van der Waals surface area contributed by atoms with Crippen LogP contribution in [-0.4, -0.2) is 45.7 Å². The SMILES string of the molecule is Cc1cncnc1N1CC2CN(c3nccn(C)c3=O)CC2C1. The Labute approximate surface area is 134 Å². The fourth-order valence-electron chi connectivity index (χ4n) is 3.76. The molecular weight excluding hydrogens is 292 g/mol. The van der Waals surface area contributed by atoms with Gasteiger partial charge >= 0.3 is 0 Å². The summed E-state index contributed by atoms with van der Waals surface area (Å²) in [4.78, 5) is 29.5. The van der Waals surface area contributed by atoms with Crippen molar-refractivity contribution in [3.05, 3.63) is 40.8 Å². The third kappa shape index (κ3) is 2.36. The molecule has 4 heterocycles. The van der Waals surface area contributed by atoms with Gasteiger partial charge in [0.25, 0.3) is 5.56 Å². The van der Waals surface area contributed by atoms with E-state index in [2.05, 4.69) is 24.8 Å². The smallest absolute Gasteiger partial charge is 0.293 e. The van der Waals surface area contributed by atoms with Crippen molar-refractivity contribution < 1.29 is 0 Å². The van der Waals surface area contributed by atoms with Crippen LogP contribution in [0.4, 0.5) is 11.6 Å². The van der Waals surface area contributed by atoms with Gasteiger partial charge < -0.3 is 14.4 Å². The Kier molecular flexibility index (Phi) is 3.28. The molecule has 0 amide bonds. The van der Waals surface area contributed by atoms with Gasteiger partial charge in [-0.3, -0.25) is 4.79 Å². The van der Waals surface area contributed by atoms with Crippen molar-refractivity contribution in [1.29, 1.82) is 0 Å². The molecule has 0 N–H and O–H groups in total. The van der Waals surface area contributed by atoms with Gasteiger partial charge in [0, 0.05) is 69.2 Å². The zero-order chi connectivity index (χ0) is 16.0. The van der Waals surface area contributed by atoms with Gasteiger partial charge in [-0.15, -0.1) is 0 Å². The van der Waals surface area contributed by atoms with Crippen molar-refractivity contribution in [1.82, 2.24) is 19.5 Å². The molecule has 0 aliphatic carbocycles. The van der Waals surface area contributed by atoms with Crippen molar-refractivity contribution in [2.75, 3.05) is 36.0 Å². The van der Waals surface area contributed by atoms with Crippen LogP contribution in [0.25, 0.3) is 0 Å². The lowest BCUT2D eigenvalue weighted by Gasteiger charge is -2.23. The molecule has 0 saturated carbocycles. The Morgan fingerprint density at radius 2 is 1.70 bits per heavy atom. The minimum Gasteiger partial charge on any atom is -0.356 e. The monoisotopic (exact) mass is 312 g/mol. The van der Waals surface area contributed by atoms with Crippen LogP contribution >= 0.6 is 0 Å². The number of hydrogen-bond acceptors (Lipinski definition) is 6. The van der Waals surface area contributed by atoms with Crippen LogP contribution in [0.2, 0.25) is 0 Å². The number of fused-ring (bicyclic) bond motifs is 1. The predicted molar refractivity (Wildman–Crippen MR) is 87.7 cm³/mol. The highest BCUT2D eigenvalue weighted by Crippen LogP contribution is 2.34. The minimum atomic E-state index is -0.0176. The minimum absolute atomic E-state index is 0.0176. The van der Waals surface area contributed by atoms with Crippen LogP contribution < -0.4 is 15.4 Å². The first-order chi connectivity index (χ1) is 11.1. The third-order valence-electron chi connectivity index (χ3n) is 4.95. The molecule has 2 saturated heterocycles. The van der Waals surface area contributed by atoms with Gasteiger partial charge in [-0.05, 0) is 6.92 Å². The van der Waals surface area contributed by atoms with E-state index in [-0.39, 0.29) is 5.56 Å². The highest BCUT2D eigenvalue weighted by atomic mass is 16.1. The lowest BCUT2D eigenvalue weighted by atomic mass is 10.0. The topological polar surface area (TPSA) is 67.2 Å². The molecule has 0 radical (unpaired) electrons. The largest absolute Gasteiger partial charge is 0.356 e.